The number of aromatic nitrogens is 2. The number of benzene rings is 3. The summed E-state index contributed by atoms with van der Waals surface area (Å²) in [6.45, 7) is 1.91. The van der Waals surface area contributed by atoms with E-state index in [2.05, 4.69) is 34.6 Å². The molecule has 2 atom stereocenters. The minimum Gasteiger partial charge on any atom is -0.347 e. The Morgan fingerprint density at radius 2 is 1.57 bits per heavy atom. The number of carbonyl (C=O) groups is 1. The van der Waals surface area contributed by atoms with E-state index in [4.69, 9.17) is 0 Å². The number of rotatable bonds is 6. The minimum absolute atomic E-state index is 0.0204. The van der Waals surface area contributed by atoms with Crippen LogP contribution in [0.5, 0.6) is 0 Å². The zero-order valence-corrected chi connectivity index (χ0v) is 15.8. The normalized spacial score (nSPS) is 13.2. The smallest absolute Gasteiger partial charge is 0.243 e. The molecule has 0 aliphatic carbocycles. The van der Waals surface area contributed by atoms with Gasteiger partial charge in [-0.15, -0.1) is 0 Å². The van der Waals surface area contributed by atoms with Crippen molar-refractivity contribution in [3.63, 3.8) is 0 Å². The Kier molecular flexibility index (Phi) is 5.20. The predicted octanol–water partition coefficient (Wildman–Crippen LogP) is 4.70. The Balaban J connectivity index is 1.58. The van der Waals surface area contributed by atoms with Crippen molar-refractivity contribution in [1.82, 2.24) is 14.9 Å². The van der Waals surface area contributed by atoms with E-state index in [1.165, 1.54) is 5.56 Å². The number of nitrogens with zero attached hydrogens (tertiary/aromatic N) is 2. The topological polar surface area (TPSA) is 46.9 Å². The Morgan fingerprint density at radius 3 is 2.32 bits per heavy atom. The van der Waals surface area contributed by atoms with Crippen molar-refractivity contribution in [3.8, 4) is 0 Å². The van der Waals surface area contributed by atoms with E-state index in [0.717, 1.165) is 23.0 Å². The standard InChI is InChI=1S/C24H23N3O/c1-18(27-17-25-21-14-8-9-15-23(21)27)24(28)26-22(20-12-6-3-7-13-20)16-19-10-4-2-5-11-19/h2-15,17-18,22H,16H2,1H3,(H,26,28). The third-order valence-electron chi connectivity index (χ3n) is 5.08. The van der Waals surface area contributed by atoms with Crippen LogP contribution in [0.1, 0.15) is 30.1 Å². The van der Waals surface area contributed by atoms with E-state index in [1.54, 1.807) is 6.33 Å². The molecule has 140 valence electrons. The van der Waals surface area contributed by atoms with Crippen molar-refractivity contribution in [1.29, 1.82) is 0 Å². The molecule has 28 heavy (non-hydrogen) atoms. The maximum absolute atomic E-state index is 13.1. The van der Waals surface area contributed by atoms with Gasteiger partial charge in [-0.3, -0.25) is 4.79 Å². The SMILES string of the molecule is CC(C(=O)NC(Cc1ccccc1)c1ccccc1)n1cnc2ccccc21. The first-order valence-corrected chi connectivity index (χ1v) is 9.53. The molecule has 1 heterocycles. The van der Waals surface area contributed by atoms with Gasteiger partial charge in [-0.1, -0.05) is 72.8 Å². The van der Waals surface area contributed by atoms with Crippen LogP contribution in [0, 0.1) is 0 Å². The summed E-state index contributed by atoms with van der Waals surface area (Å²) >= 11 is 0. The van der Waals surface area contributed by atoms with Crippen LogP contribution in [0.3, 0.4) is 0 Å². The Labute approximate surface area is 164 Å². The summed E-state index contributed by atoms with van der Waals surface area (Å²) in [5.41, 5.74) is 4.15. The van der Waals surface area contributed by atoms with Crippen molar-refractivity contribution in [3.05, 3.63) is 102 Å². The molecule has 4 heteroatoms. The second-order valence-corrected chi connectivity index (χ2v) is 6.98. The van der Waals surface area contributed by atoms with Gasteiger partial charge in [-0.2, -0.15) is 0 Å². The summed E-state index contributed by atoms with van der Waals surface area (Å²) in [7, 11) is 0. The summed E-state index contributed by atoms with van der Waals surface area (Å²) in [6, 6.07) is 27.8. The van der Waals surface area contributed by atoms with Gasteiger partial charge in [-0.25, -0.2) is 4.98 Å². The number of hydrogen-bond acceptors (Lipinski definition) is 2. The van der Waals surface area contributed by atoms with Crippen LogP contribution in [0.25, 0.3) is 11.0 Å². The molecule has 0 bridgehead atoms. The molecule has 0 fully saturated rings. The van der Waals surface area contributed by atoms with Gasteiger partial charge in [0.25, 0.3) is 0 Å². The summed E-state index contributed by atoms with van der Waals surface area (Å²) in [6.07, 6.45) is 2.48. The molecule has 0 spiro atoms. The van der Waals surface area contributed by atoms with Crippen LogP contribution in [0.4, 0.5) is 0 Å². The van der Waals surface area contributed by atoms with Crippen LogP contribution < -0.4 is 5.32 Å². The molecule has 4 nitrogen and oxygen atoms in total. The molecule has 0 radical (unpaired) electrons. The zero-order chi connectivity index (χ0) is 19.3. The number of imidazole rings is 1. The maximum atomic E-state index is 13.1. The van der Waals surface area contributed by atoms with Crippen LogP contribution >= 0.6 is 0 Å². The second kappa shape index (κ2) is 8.09. The van der Waals surface area contributed by atoms with Gasteiger partial charge in [-0.05, 0) is 36.6 Å². The number of hydrogen-bond donors (Lipinski definition) is 1. The maximum Gasteiger partial charge on any atom is 0.243 e. The lowest BCUT2D eigenvalue weighted by Crippen LogP contribution is -2.35. The van der Waals surface area contributed by atoms with Crippen LogP contribution in [0.15, 0.2) is 91.3 Å². The van der Waals surface area contributed by atoms with E-state index >= 15 is 0 Å². The van der Waals surface area contributed by atoms with E-state index < -0.39 is 0 Å². The number of carbonyl (C=O) groups excluding carboxylic acids is 1. The van der Waals surface area contributed by atoms with Gasteiger partial charge in [0.15, 0.2) is 0 Å². The highest BCUT2D eigenvalue weighted by atomic mass is 16.2. The lowest BCUT2D eigenvalue weighted by Gasteiger charge is -2.22. The summed E-state index contributed by atoms with van der Waals surface area (Å²) < 4.78 is 1.93. The van der Waals surface area contributed by atoms with Gasteiger partial charge in [0.2, 0.25) is 5.91 Å². The predicted molar refractivity (Wildman–Crippen MR) is 112 cm³/mol. The molecule has 1 amide bonds. The fraction of sp³-hybridized carbons (Fsp3) is 0.167. The molecule has 0 aliphatic rings. The molecular formula is C24H23N3O. The van der Waals surface area contributed by atoms with Gasteiger partial charge in [0, 0.05) is 0 Å². The van der Waals surface area contributed by atoms with Crippen LogP contribution in [-0.2, 0) is 11.2 Å². The van der Waals surface area contributed by atoms with Crippen LogP contribution in [0.2, 0.25) is 0 Å². The van der Waals surface area contributed by atoms with E-state index in [1.807, 2.05) is 72.2 Å². The monoisotopic (exact) mass is 369 g/mol. The van der Waals surface area contributed by atoms with Gasteiger partial charge < -0.3 is 9.88 Å². The number of amides is 1. The molecule has 0 saturated carbocycles. The lowest BCUT2D eigenvalue weighted by molar-refractivity contribution is -0.124. The Morgan fingerprint density at radius 1 is 0.929 bits per heavy atom. The van der Waals surface area contributed by atoms with Crippen molar-refractivity contribution in [2.45, 2.75) is 25.4 Å². The molecular weight excluding hydrogens is 346 g/mol. The average molecular weight is 369 g/mol. The zero-order valence-electron chi connectivity index (χ0n) is 15.8. The average Bonchev–Trinajstić information content (AvgIpc) is 3.18. The molecule has 1 aromatic heterocycles. The minimum atomic E-state index is -0.352. The molecule has 4 rings (SSSR count). The second-order valence-electron chi connectivity index (χ2n) is 6.98. The Bertz CT molecular complexity index is 1060. The first kappa shape index (κ1) is 18.0. The van der Waals surface area contributed by atoms with E-state index in [-0.39, 0.29) is 18.0 Å². The van der Waals surface area contributed by atoms with E-state index in [0.29, 0.717) is 0 Å². The highest BCUT2D eigenvalue weighted by Gasteiger charge is 2.21. The van der Waals surface area contributed by atoms with E-state index in [9.17, 15) is 4.79 Å². The number of nitrogens with one attached hydrogen (secondary N) is 1. The molecule has 2 unspecified atom stereocenters. The quantitative estimate of drug-likeness (QED) is 0.536. The first-order chi connectivity index (χ1) is 13.7. The van der Waals surface area contributed by atoms with Gasteiger partial charge >= 0.3 is 0 Å². The fourth-order valence-electron chi connectivity index (χ4n) is 3.49. The van der Waals surface area contributed by atoms with Crippen molar-refractivity contribution < 1.29 is 4.79 Å². The van der Waals surface area contributed by atoms with Crippen molar-refractivity contribution in [2.24, 2.45) is 0 Å². The number of para-hydroxylation sites is 2. The third kappa shape index (κ3) is 3.81. The molecule has 3 aromatic carbocycles. The summed E-state index contributed by atoms with van der Waals surface area (Å²) in [5, 5.41) is 3.25. The summed E-state index contributed by atoms with van der Waals surface area (Å²) in [5.74, 6) is -0.0204. The third-order valence-corrected chi connectivity index (χ3v) is 5.08. The lowest BCUT2D eigenvalue weighted by atomic mass is 9.98. The highest BCUT2D eigenvalue weighted by molar-refractivity contribution is 5.83. The molecule has 1 N–H and O–H groups in total. The van der Waals surface area contributed by atoms with Crippen LogP contribution in [-0.4, -0.2) is 15.5 Å². The molecule has 0 aliphatic heterocycles. The first-order valence-electron chi connectivity index (χ1n) is 9.53. The highest BCUT2D eigenvalue weighted by Crippen LogP contribution is 2.22. The Hall–Kier alpha value is -3.40. The van der Waals surface area contributed by atoms with Crippen molar-refractivity contribution >= 4 is 16.9 Å². The van der Waals surface area contributed by atoms with Gasteiger partial charge in [0.1, 0.15) is 6.04 Å². The largest absolute Gasteiger partial charge is 0.347 e. The van der Waals surface area contributed by atoms with Gasteiger partial charge in [0.05, 0.1) is 23.4 Å². The molecule has 0 saturated heterocycles. The van der Waals surface area contributed by atoms with Crippen molar-refractivity contribution in [2.75, 3.05) is 0 Å². The summed E-state index contributed by atoms with van der Waals surface area (Å²) in [4.78, 5) is 17.5. The fourth-order valence-corrected chi connectivity index (χ4v) is 3.49. The number of fused-ring (bicyclic) bond motifs is 1. The molecule has 4 aromatic rings.